The van der Waals surface area contributed by atoms with Gasteiger partial charge >= 0.3 is 19.4 Å². The second-order valence-corrected chi connectivity index (χ2v) is 14.8. The topological polar surface area (TPSA) is 73.4 Å². The molecule has 13 heteroatoms. The number of carbonyl (C=O) groups is 1. The summed E-state index contributed by atoms with van der Waals surface area (Å²) in [6.07, 6.45) is -0.132. The van der Waals surface area contributed by atoms with Crippen molar-refractivity contribution in [3.8, 4) is 11.6 Å². The van der Waals surface area contributed by atoms with E-state index < -0.39 is 53.2 Å². The number of ether oxygens (including phenoxy) is 2. The number of rotatable bonds is 5. The molecule has 5 rings (SSSR count). The van der Waals surface area contributed by atoms with Crippen LogP contribution in [0.5, 0.6) is 11.6 Å². The van der Waals surface area contributed by atoms with E-state index in [0.29, 0.717) is 45.4 Å². The number of aromatic nitrogens is 1. The molecule has 0 aliphatic carbocycles. The normalized spacial score (nSPS) is 21.3. The van der Waals surface area contributed by atoms with Crippen molar-refractivity contribution >= 4 is 25.0 Å². The van der Waals surface area contributed by atoms with Gasteiger partial charge in [-0.15, -0.1) is 0 Å². The molecule has 0 saturated carbocycles. The van der Waals surface area contributed by atoms with Crippen molar-refractivity contribution < 1.29 is 41.1 Å². The van der Waals surface area contributed by atoms with E-state index in [0.717, 1.165) is 12.5 Å². The van der Waals surface area contributed by atoms with E-state index in [2.05, 4.69) is 4.98 Å². The lowest BCUT2D eigenvalue weighted by atomic mass is 9.72. The Kier molecular flexibility index (Phi) is 9.39. The highest BCUT2D eigenvalue weighted by Crippen LogP contribution is 2.50. The SMILES string of the molecule is CC(C)(C)OC(=O)N1CCC2(CCCN(c3c(/C=C(\F)B4OC(C)(C)C(C)(C)O4)ccc(Oc4ccccn4)c3C(F)(F)F)C2)CC1. The lowest BCUT2D eigenvalue weighted by molar-refractivity contribution is -0.138. The number of pyridine rings is 1. The van der Waals surface area contributed by atoms with Crippen molar-refractivity contribution in [2.75, 3.05) is 31.1 Å². The van der Waals surface area contributed by atoms with Gasteiger partial charge in [0.15, 0.2) is 0 Å². The molecule has 1 spiro atoms. The predicted octanol–water partition coefficient (Wildman–Crippen LogP) is 8.45. The molecule has 3 aliphatic rings. The Balaban J connectivity index is 1.53. The fraction of sp³-hybridized carbons (Fsp3) is 0.588. The van der Waals surface area contributed by atoms with Crippen LogP contribution in [0.2, 0.25) is 0 Å². The van der Waals surface area contributed by atoms with E-state index in [1.165, 1.54) is 24.4 Å². The average molecular weight is 662 g/mol. The molecule has 1 aromatic carbocycles. The van der Waals surface area contributed by atoms with Gasteiger partial charge in [-0.3, -0.25) is 0 Å². The Morgan fingerprint density at radius 2 is 1.64 bits per heavy atom. The van der Waals surface area contributed by atoms with Gasteiger partial charge in [0, 0.05) is 44.0 Å². The van der Waals surface area contributed by atoms with Crippen molar-refractivity contribution in [1.29, 1.82) is 0 Å². The molecule has 8 nitrogen and oxygen atoms in total. The Morgan fingerprint density at radius 3 is 2.21 bits per heavy atom. The summed E-state index contributed by atoms with van der Waals surface area (Å²) in [4.78, 5) is 20.1. The first-order valence-corrected chi connectivity index (χ1v) is 16.1. The number of carbonyl (C=O) groups excluding carboxylic acids is 1. The van der Waals surface area contributed by atoms with E-state index >= 15 is 17.6 Å². The van der Waals surface area contributed by atoms with E-state index in [1.54, 1.807) is 70.4 Å². The van der Waals surface area contributed by atoms with Crippen LogP contribution in [0, 0.1) is 5.41 Å². The number of benzene rings is 1. The number of amides is 1. The van der Waals surface area contributed by atoms with Crippen molar-refractivity contribution in [2.45, 2.75) is 97.1 Å². The summed E-state index contributed by atoms with van der Waals surface area (Å²) in [5.74, 6) is -0.431. The van der Waals surface area contributed by atoms with Crippen molar-refractivity contribution in [3.63, 3.8) is 0 Å². The minimum atomic E-state index is -4.85. The van der Waals surface area contributed by atoms with Crippen molar-refractivity contribution in [3.05, 3.63) is 53.4 Å². The molecule has 3 fully saturated rings. The molecule has 0 radical (unpaired) electrons. The molecule has 0 bridgehead atoms. The van der Waals surface area contributed by atoms with Crippen LogP contribution in [0.3, 0.4) is 0 Å². The van der Waals surface area contributed by atoms with Crippen LogP contribution in [-0.4, -0.2) is 66.1 Å². The second-order valence-electron chi connectivity index (χ2n) is 14.8. The third-order valence-corrected chi connectivity index (χ3v) is 9.53. The highest BCUT2D eigenvalue weighted by Gasteiger charge is 2.53. The maximum absolute atomic E-state index is 15.9. The highest BCUT2D eigenvalue weighted by atomic mass is 19.4. The largest absolute Gasteiger partial charge is 0.525 e. The number of nitrogens with zero attached hydrogens (tertiary/aromatic N) is 3. The van der Waals surface area contributed by atoms with Crippen LogP contribution >= 0.6 is 0 Å². The zero-order chi connectivity index (χ0) is 34.4. The maximum Gasteiger partial charge on any atom is 0.525 e. The van der Waals surface area contributed by atoms with Gasteiger partial charge in [0.25, 0.3) is 0 Å². The number of hydrogen-bond donors (Lipinski definition) is 0. The molecular weight excluding hydrogens is 617 g/mol. The number of halogens is 4. The van der Waals surface area contributed by atoms with E-state index in [4.69, 9.17) is 18.8 Å². The fourth-order valence-corrected chi connectivity index (χ4v) is 6.39. The van der Waals surface area contributed by atoms with E-state index in [-0.39, 0.29) is 22.5 Å². The van der Waals surface area contributed by atoms with Gasteiger partial charge in [-0.25, -0.2) is 14.2 Å². The van der Waals surface area contributed by atoms with Gasteiger partial charge in [0.05, 0.1) is 16.9 Å². The second kappa shape index (κ2) is 12.6. The summed E-state index contributed by atoms with van der Waals surface area (Å²) < 4.78 is 84.3. The minimum absolute atomic E-state index is 0.000250. The Morgan fingerprint density at radius 1 is 0.979 bits per heavy atom. The third kappa shape index (κ3) is 7.72. The van der Waals surface area contributed by atoms with Crippen LogP contribution < -0.4 is 9.64 Å². The zero-order valence-electron chi connectivity index (χ0n) is 28.2. The molecule has 1 amide bonds. The van der Waals surface area contributed by atoms with Crippen LogP contribution in [0.4, 0.5) is 28.0 Å². The third-order valence-electron chi connectivity index (χ3n) is 9.53. The average Bonchev–Trinajstić information content (AvgIpc) is 3.19. The van der Waals surface area contributed by atoms with Gasteiger partial charge < -0.3 is 28.6 Å². The first-order chi connectivity index (χ1) is 21.8. The standard InChI is InChI=1S/C34H44BF4N3O5/c1-30(2,3)45-29(43)41-19-15-33(16-20-41)14-10-18-42(22-33)28-23(21-25(36)35-46-31(4,5)32(6,7)47-35)12-13-24(27(28)34(37,38)39)44-26-11-8-9-17-40-26/h8-9,11-13,17,21H,10,14-16,18-20,22H2,1-7H3/b25-21-. The van der Waals surface area contributed by atoms with Crippen LogP contribution in [0.15, 0.2) is 42.3 Å². The molecule has 1 aromatic heterocycles. The Labute approximate surface area is 274 Å². The van der Waals surface area contributed by atoms with Gasteiger partial charge in [0.1, 0.15) is 22.6 Å². The monoisotopic (exact) mass is 661 g/mol. The Hall–Kier alpha value is -3.32. The van der Waals surface area contributed by atoms with Gasteiger partial charge in [-0.1, -0.05) is 6.07 Å². The lowest BCUT2D eigenvalue weighted by Crippen LogP contribution is -2.51. The van der Waals surface area contributed by atoms with Gasteiger partial charge in [-0.05, 0) is 104 Å². The van der Waals surface area contributed by atoms with E-state index in [1.807, 2.05) is 0 Å². The van der Waals surface area contributed by atoms with Crippen molar-refractivity contribution in [2.24, 2.45) is 5.41 Å². The molecule has 0 atom stereocenters. The first kappa shape index (κ1) is 35.0. The number of likely N-dealkylation sites (tertiary alicyclic amines) is 1. The molecule has 3 aliphatic heterocycles. The summed E-state index contributed by atoms with van der Waals surface area (Å²) in [5.41, 5.74) is -4.65. The van der Waals surface area contributed by atoms with Gasteiger partial charge in [-0.2, -0.15) is 13.2 Å². The number of anilines is 1. The summed E-state index contributed by atoms with van der Waals surface area (Å²) in [5, 5.41) is 0. The molecule has 2 aromatic rings. The summed E-state index contributed by atoms with van der Waals surface area (Å²) >= 11 is 0. The van der Waals surface area contributed by atoms with E-state index in [9.17, 15) is 4.79 Å². The first-order valence-electron chi connectivity index (χ1n) is 16.1. The molecule has 0 unspecified atom stereocenters. The predicted molar refractivity (Wildman–Crippen MR) is 172 cm³/mol. The molecule has 3 saturated heterocycles. The Bertz CT molecular complexity index is 1470. The highest BCUT2D eigenvalue weighted by molar-refractivity contribution is 6.54. The van der Waals surface area contributed by atoms with Gasteiger partial charge in [0.2, 0.25) is 5.88 Å². The zero-order valence-corrected chi connectivity index (χ0v) is 28.2. The van der Waals surface area contributed by atoms with Crippen LogP contribution in [0.25, 0.3) is 6.08 Å². The summed E-state index contributed by atoms with van der Waals surface area (Å²) in [6.45, 7) is 14.0. The molecule has 4 heterocycles. The lowest BCUT2D eigenvalue weighted by Gasteiger charge is -2.49. The quantitative estimate of drug-likeness (QED) is 0.235. The molecule has 47 heavy (non-hydrogen) atoms. The van der Waals surface area contributed by atoms with Crippen molar-refractivity contribution in [1.82, 2.24) is 9.88 Å². The van der Waals surface area contributed by atoms with Crippen LogP contribution in [-0.2, 0) is 20.2 Å². The molecule has 0 N–H and O–H groups in total. The summed E-state index contributed by atoms with van der Waals surface area (Å²) in [6, 6.07) is 7.35. The number of alkyl halides is 3. The number of piperidine rings is 2. The molecule has 256 valence electrons. The smallest absolute Gasteiger partial charge is 0.444 e. The summed E-state index contributed by atoms with van der Waals surface area (Å²) in [7, 11) is -1.38. The minimum Gasteiger partial charge on any atom is -0.444 e. The maximum atomic E-state index is 15.9. The number of hydrogen-bond acceptors (Lipinski definition) is 7. The molecular formula is C34H44BF4N3O5. The fourth-order valence-electron chi connectivity index (χ4n) is 6.39. The van der Waals surface area contributed by atoms with Crippen LogP contribution in [0.1, 0.15) is 85.3 Å².